The first-order valence-electron chi connectivity index (χ1n) is 21.5. The third kappa shape index (κ3) is 5.89. The van der Waals surface area contributed by atoms with Crippen LogP contribution in [0.5, 0.6) is 0 Å². The van der Waals surface area contributed by atoms with Crippen LogP contribution in [0.1, 0.15) is 58.8 Å². The third-order valence-corrected chi connectivity index (χ3v) is 12.8. The van der Waals surface area contributed by atoms with Crippen molar-refractivity contribution in [1.29, 1.82) is 0 Å². The first-order valence-corrected chi connectivity index (χ1v) is 21.5. The number of hydrogen-bond acceptors (Lipinski definition) is 4. The van der Waals surface area contributed by atoms with E-state index in [-0.39, 0.29) is 17.9 Å². The van der Waals surface area contributed by atoms with Crippen molar-refractivity contribution in [3.8, 4) is 23.0 Å². The largest absolute Gasteiger partial charge is 0.455 e. The zero-order valence-corrected chi connectivity index (χ0v) is 34.1. The maximum atomic E-state index is 6.85. The lowest BCUT2D eigenvalue weighted by Crippen LogP contribution is -2.28. The van der Waals surface area contributed by atoms with Gasteiger partial charge in [-0.2, -0.15) is 0 Å². The van der Waals surface area contributed by atoms with Crippen molar-refractivity contribution in [1.82, 2.24) is 4.98 Å². The predicted molar refractivity (Wildman–Crippen MR) is 257 cm³/mol. The van der Waals surface area contributed by atoms with Gasteiger partial charge in [0.15, 0.2) is 5.84 Å². The lowest BCUT2D eigenvalue weighted by Gasteiger charge is -2.30. The molecule has 0 fully saturated rings. The van der Waals surface area contributed by atoms with Gasteiger partial charge in [0.25, 0.3) is 0 Å². The SMILES string of the molecule is CCC1C(c2ccc3nc(C4C#Cc5c(c6ccccc6c6ccccc56)C=C4)c4c5ccccc5oc4c3c2)=NC(c2ccc(-c3ccccc3)cc2)=NC1c1ccccc1. The van der Waals surface area contributed by atoms with Crippen molar-refractivity contribution in [2.75, 3.05) is 0 Å². The summed E-state index contributed by atoms with van der Waals surface area (Å²) in [6.07, 6.45) is 5.34. The molecule has 1 aliphatic heterocycles. The number of aliphatic imine (C=N–C) groups is 2. The second-order valence-electron chi connectivity index (χ2n) is 16.3. The van der Waals surface area contributed by atoms with E-state index in [1.54, 1.807) is 0 Å². The molecular weight excluding hydrogens is 755 g/mol. The molecule has 3 atom stereocenters. The molecule has 0 saturated heterocycles. The fraction of sp³-hybridized carbons (Fsp3) is 0.0862. The van der Waals surface area contributed by atoms with E-state index in [0.717, 1.165) is 84.3 Å². The van der Waals surface area contributed by atoms with Crippen LogP contribution in [-0.2, 0) is 0 Å². The molecular formula is C58H39N3O. The van der Waals surface area contributed by atoms with E-state index in [4.69, 9.17) is 19.4 Å². The maximum Gasteiger partial charge on any atom is 0.155 e. The van der Waals surface area contributed by atoms with Crippen molar-refractivity contribution in [2.24, 2.45) is 15.9 Å². The summed E-state index contributed by atoms with van der Waals surface area (Å²) < 4.78 is 6.85. The van der Waals surface area contributed by atoms with E-state index in [1.807, 2.05) is 18.2 Å². The Labute approximate surface area is 359 Å². The summed E-state index contributed by atoms with van der Waals surface area (Å²) in [5.74, 6) is 7.87. The first kappa shape index (κ1) is 36.0. The number of pyridine rings is 1. The zero-order valence-electron chi connectivity index (χ0n) is 34.1. The Kier molecular flexibility index (Phi) is 8.54. The molecule has 3 unspecified atom stereocenters. The fourth-order valence-electron chi connectivity index (χ4n) is 9.73. The molecule has 8 aromatic carbocycles. The van der Waals surface area contributed by atoms with Crippen LogP contribution >= 0.6 is 0 Å². The Bertz CT molecular complexity index is 3570. The molecule has 292 valence electrons. The van der Waals surface area contributed by atoms with Crippen LogP contribution < -0.4 is 0 Å². The van der Waals surface area contributed by atoms with Gasteiger partial charge in [-0.1, -0.05) is 189 Å². The summed E-state index contributed by atoms with van der Waals surface area (Å²) in [5.41, 5.74) is 12.2. The standard InChI is InChI=1S/C58H39N3O/c1-2-42-54(38-17-7-4-8-18-38)60-58(40-27-25-37(26-28-40)36-15-5-3-6-16-36)61-55(42)41-31-34-51-50(35-41)57-53(49-23-13-14-24-52(49)62-57)56(59-51)39-29-32-47-45-21-11-9-19-43(45)44-20-10-12-22-46(44)48(47)33-30-39/h3-29,31-32,34-35,39,42,54H,2H2,1H3. The molecule has 0 radical (unpaired) electrons. The minimum Gasteiger partial charge on any atom is -0.455 e. The summed E-state index contributed by atoms with van der Waals surface area (Å²) >= 11 is 0. The molecule has 0 N–H and O–H groups in total. The van der Waals surface area contributed by atoms with Gasteiger partial charge in [0, 0.05) is 27.8 Å². The molecule has 4 heteroatoms. The van der Waals surface area contributed by atoms with Gasteiger partial charge in [0.2, 0.25) is 0 Å². The highest BCUT2D eigenvalue weighted by Crippen LogP contribution is 2.42. The first-order chi connectivity index (χ1) is 30.7. The Morgan fingerprint density at radius 2 is 1.21 bits per heavy atom. The summed E-state index contributed by atoms with van der Waals surface area (Å²) in [6, 6.07) is 61.7. The molecule has 0 bridgehead atoms. The van der Waals surface area contributed by atoms with E-state index in [1.165, 1.54) is 32.7 Å². The second kappa shape index (κ2) is 14.7. The Morgan fingerprint density at radius 3 is 1.98 bits per heavy atom. The van der Waals surface area contributed by atoms with E-state index >= 15 is 0 Å². The maximum absolute atomic E-state index is 6.85. The van der Waals surface area contributed by atoms with Crippen molar-refractivity contribution in [3.63, 3.8) is 0 Å². The Hall–Kier alpha value is -7.87. The minimum atomic E-state index is -0.265. The predicted octanol–water partition coefficient (Wildman–Crippen LogP) is 14.3. The van der Waals surface area contributed by atoms with Crippen molar-refractivity contribution in [2.45, 2.75) is 25.3 Å². The van der Waals surface area contributed by atoms with Gasteiger partial charge < -0.3 is 4.42 Å². The van der Waals surface area contributed by atoms with Crippen LogP contribution in [0.3, 0.4) is 0 Å². The third-order valence-electron chi connectivity index (χ3n) is 12.8. The van der Waals surface area contributed by atoms with Crippen LogP contribution in [0, 0.1) is 17.8 Å². The molecule has 0 amide bonds. The number of nitrogens with zero attached hydrogens (tertiary/aromatic N) is 3. The van der Waals surface area contributed by atoms with Crippen molar-refractivity contribution in [3.05, 3.63) is 216 Å². The van der Waals surface area contributed by atoms with Crippen LogP contribution in [0.15, 0.2) is 196 Å². The number of para-hydroxylation sites is 1. The number of hydrogen-bond donors (Lipinski definition) is 0. The average molecular weight is 794 g/mol. The van der Waals surface area contributed by atoms with Gasteiger partial charge in [0.1, 0.15) is 11.2 Å². The molecule has 0 saturated carbocycles. The monoisotopic (exact) mass is 793 g/mol. The molecule has 2 aliphatic rings. The van der Waals surface area contributed by atoms with Gasteiger partial charge >= 0.3 is 0 Å². The van der Waals surface area contributed by atoms with Crippen LogP contribution in [0.2, 0.25) is 0 Å². The smallest absolute Gasteiger partial charge is 0.155 e. The highest BCUT2D eigenvalue weighted by molar-refractivity contribution is 6.20. The van der Waals surface area contributed by atoms with Gasteiger partial charge in [-0.05, 0) is 74.0 Å². The van der Waals surface area contributed by atoms with Crippen LogP contribution in [-0.4, -0.2) is 16.5 Å². The number of allylic oxidation sites excluding steroid dienone is 1. The van der Waals surface area contributed by atoms with Gasteiger partial charge in [0.05, 0.1) is 34.3 Å². The molecule has 10 aromatic rings. The number of aromatic nitrogens is 1. The summed E-state index contributed by atoms with van der Waals surface area (Å²) in [4.78, 5) is 16.3. The lowest BCUT2D eigenvalue weighted by molar-refractivity contribution is 0.532. The van der Waals surface area contributed by atoms with E-state index < -0.39 is 0 Å². The Morgan fingerprint density at radius 1 is 0.581 bits per heavy atom. The van der Waals surface area contributed by atoms with Gasteiger partial charge in [-0.15, -0.1) is 0 Å². The molecule has 0 spiro atoms. The topological polar surface area (TPSA) is 50.8 Å². The molecule has 3 heterocycles. The highest BCUT2D eigenvalue weighted by atomic mass is 16.3. The normalized spacial score (nSPS) is 17.1. The van der Waals surface area contributed by atoms with E-state index in [0.29, 0.717) is 0 Å². The van der Waals surface area contributed by atoms with Crippen LogP contribution in [0.25, 0.3) is 71.6 Å². The zero-order chi connectivity index (χ0) is 41.1. The molecule has 2 aromatic heterocycles. The highest BCUT2D eigenvalue weighted by Gasteiger charge is 2.32. The van der Waals surface area contributed by atoms with E-state index in [9.17, 15) is 0 Å². The summed E-state index contributed by atoms with van der Waals surface area (Å²) in [5, 5.41) is 7.80. The summed E-state index contributed by atoms with van der Waals surface area (Å²) in [6.45, 7) is 2.24. The number of benzene rings is 8. The summed E-state index contributed by atoms with van der Waals surface area (Å²) in [7, 11) is 0. The molecule has 62 heavy (non-hydrogen) atoms. The molecule has 12 rings (SSSR count). The second-order valence-corrected chi connectivity index (χ2v) is 16.3. The van der Waals surface area contributed by atoms with Gasteiger partial charge in [-0.25, -0.2) is 4.99 Å². The van der Waals surface area contributed by atoms with Crippen LogP contribution in [0.4, 0.5) is 0 Å². The number of furan rings is 1. The quantitative estimate of drug-likeness (QED) is 0.124. The number of fused-ring (bicyclic) bond motifs is 11. The molecule has 4 nitrogen and oxygen atoms in total. The average Bonchev–Trinajstić information content (AvgIpc) is 3.60. The Balaban J connectivity index is 1.02. The number of rotatable bonds is 6. The van der Waals surface area contributed by atoms with Crippen molar-refractivity contribution < 1.29 is 4.42 Å². The minimum absolute atomic E-state index is 0.0563. The van der Waals surface area contributed by atoms with E-state index in [2.05, 4.69) is 189 Å². The lowest BCUT2D eigenvalue weighted by atomic mass is 9.83. The number of amidine groups is 1. The van der Waals surface area contributed by atoms with Crippen molar-refractivity contribution >= 4 is 72.0 Å². The van der Waals surface area contributed by atoms with Gasteiger partial charge in [-0.3, -0.25) is 9.98 Å². The molecule has 1 aliphatic carbocycles. The fourth-order valence-corrected chi connectivity index (χ4v) is 9.73.